The van der Waals surface area contributed by atoms with Crippen LogP contribution in [0.3, 0.4) is 0 Å². The molecule has 1 fully saturated rings. The minimum absolute atomic E-state index is 0.0954. The lowest BCUT2D eigenvalue weighted by molar-refractivity contribution is -0.136. The first-order valence-corrected chi connectivity index (χ1v) is 9.67. The number of nitrogens with one attached hydrogen (secondary N) is 2. The predicted octanol–water partition coefficient (Wildman–Crippen LogP) is 0.231. The molecule has 30 heavy (non-hydrogen) atoms. The molecule has 0 spiro atoms. The summed E-state index contributed by atoms with van der Waals surface area (Å²) in [6.07, 6.45) is 1.93. The number of benzene rings is 1. The average molecular weight is 407 g/mol. The summed E-state index contributed by atoms with van der Waals surface area (Å²) in [6, 6.07) is 7.88. The van der Waals surface area contributed by atoms with E-state index in [4.69, 9.17) is 5.73 Å². The van der Waals surface area contributed by atoms with Gasteiger partial charge in [0, 0.05) is 32.3 Å². The van der Waals surface area contributed by atoms with E-state index in [0.29, 0.717) is 19.6 Å². The third kappa shape index (κ3) is 3.60. The van der Waals surface area contributed by atoms with E-state index in [0.717, 1.165) is 21.7 Å². The van der Waals surface area contributed by atoms with Crippen LogP contribution in [-0.4, -0.2) is 39.6 Å². The summed E-state index contributed by atoms with van der Waals surface area (Å²) >= 11 is 0. The van der Waals surface area contributed by atoms with Gasteiger partial charge in [0.1, 0.15) is 6.04 Å². The summed E-state index contributed by atoms with van der Waals surface area (Å²) in [5, 5.41) is 5.48. The molecule has 0 bridgehead atoms. The standard InChI is InChI=1S/C21H21N5O4/c22-9-16-13(2-1-7-24-16)11-23-10-12-3-4-14-15(8-12)21(30)26(20(14)29)17-5-6-18(27)25-19(17)28/h1-4,7-8,17,23H,5-6,9-11,22H2,(H,25,27,28). The molecule has 4 N–H and O–H groups in total. The van der Waals surface area contributed by atoms with Gasteiger partial charge < -0.3 is 11.1 Å². The predicted molar refractivity (Wildman–Crippen MR) is 106 cm³/mol. The number of carbonyl (C=O) groups excluding carboxylic acids is 4. The molecule has 0 aliphatic carbocycles. The summed E-state index contributed by atoms with van der Waals surface area (Å²) in [4.78, 5) is 54.3. The number of carbonyl (C=O) groups is 4. The van der Waals surface area contributed by atoms with E-state index in [9.17, 15) is 19.2 Å². The maximum atomic E-state index is 12.9. The van der Waals surface area contributed by atoms with E-state index in [1.807, 2.05) is 12.1 Å². The highest BCUT2D eigenvalue weighted by Crippen LogP contribution is 2.28. The fourth-order valence-electron chi connectivity index (χ4n) is 3.79. The molecule has 2 aliphatic rings. The maximum absolute atomic E-state index is 12.9. The van der Waals surface area contributed by atoms with Crippen molar-refractivity contribution in [2.75, 3.05) is 0 Å². The fourth-order valence-corrected chi connectivity index (χ4v) is 3.79. The van der Waals surface area contributed by atoms with E-state index < -0.39 is 29.7 Å². The van der Waals surface area contributed by atoms with Crippen LogP contribution >= 0.6 is 0 Å². The van der Waals surface area contributed by atoms with Crippen LogP contribution in [0.25, 0.3) is 0 Å². The monoisotopic (exact) mass is 407 g/mol. The van der Waals surface area contributed by atoms with Gasteiger partial charge in [-0.1, -0.05) is 12.1 Å². The Morgan fingerprint density at radius 1 is 1.10 bits per heavy atom. The number of nitrogens with two attached hydrogens (primary N) is 1. The summed E-state index contributed by atoms with van der Waals surface area (Å²) < 4.78 is 0. The Kier molecular flexibility index (Phi) is 5.39. The zero-order chi connectivity index (χ0) is 21.3. The topological polar surface area (TPSA) is 134 Å². The van der Waals surface area contributed by atoms with Crippen molar-refractivity contribution in [2.24, 2.45) is 5.73 Å². The number of rotatable bonds is 6. The molecule has 1 unspecified atom stereocenters. The summed E-state index contributed by atoms with van der Waals surface area (Å²) in [5.74, 6) is -2.03. The third-order valence-corrected chi connectivity index (χ3v) is 5.33. The molecule has 9 nitrogen and oxygen atoms in total. The van der Waals surface area contributed by atoms with Crippen molar-refractivity contribution in [3.8, 4) is 0 Å². The molecular weight excluding hydrogens is 386 g/mol. The van der Waals surface area contributed by atoms with Gasteiger partial charge in [0.25, 0.3) is 11.8 Å². The van der Waals surface area contributed by atoms with E-state index in [1.54, 1.807) is 24.4 Å². The van der Waals surface area contributed by atoms with Gasteiger partial charge >= 0.3 is 0 Å². The Bertz CT molecular complexity index is 1050. The molecule has 3 heterocycles. The van der Waals surface area contributed by atoms with Gasteiger partial charge in [-0.3, -0.25) is 34.4 Å². The van der Waals surface area contributed by atoms with Gasteiger partial charge in [0.05, 0.1) is 16.8 Å². The van der Waals surface area contributed by atoms with Gasteiger partial charge in [-0.2, -0.15) is 0 Å². The Labute approximate surface area is 172 Å². The molecule has 0 saturated carbocycles. The molecule has 1 aromatic carbocycles. The molecule has 1 atom stereocenters. The first-order chi connectivity index (χ1) is 14.5. The lowest BCUT2D eigenvalue weighted by Crippen LogP contribution is -2.54. The normalized spacial score (nSPS) is 18.6. The number of fused-ring (bicyclic) bond motifs is 1. The van der Waals surface area contributed by atoms with Gasteiger partial charge in [-0.15, -0.1) is 0 Å². The SMILES string of the molecule is NCc1ncccc1CNCc1ccc2c(c1)C(=O)N(C1CCC(=O)NC1=O)C2=O. The molecule has 2 aromatic rings. The third-order valence-electron chi connectivity index (χ3n) is 5.33. The molecular formula is C21H21N5O4. The second-order valence-electron chi connectivity index (χ2n) is 7.24. The van der Waals surface area contributed by atoms with E-state index in [-0.39, 0.29) is 24.0 Å². The van der Waals surface area contributed by atoms with Gasteiger partial charge in [0.15, 0.2) is 0 Å². The number of pyridine rings is 1. The Balaban J connectivity index is 1.47. The van der Waals surface area contributed by atoms with Crippen LogP contribution in [0, 0.1) is 0 Å². The second-order valence-corrected chi connectivity index (χ2v) is 7.24. The van der Waals surface area contributed by atoms with Crippen LogP contribution in [0.1, 0.15) is 50.4 Å². The van der Waals surface area contributed by atoms with Gasteiger partial charge in [-0.25, -0.2) is 0 Å². The summed E-state index contributed by atoms with van der Waals surface area (Å²) in [5.41, 5.74) is 8.89. The van der Waals surface area contributed by atoms with Crippen LogP contribution in [0.4, 0.5) is 0 Å². The van der Waals surface area contributed by atoms with Crippen LogP contribution in [-0.2, 0) is 29.2 Å². The lowest BCUT2D eigenvalue weighted by atomic mass is 10.0. The number of amides is 4. The lowest BCUT2D eigenvalue weighted by Gasteiger charge is -2.27. The van der Waals surface area contributed by atoms with E-state index in [2.05, 4.69) is 15.6 Å². The number of piperidine rings is 1. The van der Waals surface area contributed by atoms with Crippen molar-refractivity contribution >= 4 is 23.6 Å². The van der Waals surface area contributed by atoms with Crippen molar-refractivity contribution in [1.82, 2.24) is 20.5 Å². The van der Waals surface area contributed by atoms with Crippen LogP contribution in [0.15, 0.2) is 36.5 Å². The molecule has 2 aliphatic heterocycles. The molecule has 9 heteroatoms. The minimum atomic E-state index is -0.961. The maximum Gasteiger partial charge on any atom is 0.262 e. The van der Waals surface area contributed by atoms with Crippen molar-refractivity contribution in [3.63, 3.8) is 0 Å². The van der Waals surface area contributed by atoms with Gasteiger partial charge in [-0.05, 0) is 35.7 Å². The highest BCUT2D eigenvalue weighted by molar-refractivity contribution is 6.23. The van der Waals surface area contributed by atoms with Crippen LogP contribution < -0.4 is 16.4 Å². The van der Waals surface area contributed by atoms with E-state index >= 15 is 0 Å². The second kappa shape index (κ2) is 8.13. The van der Waals surface area contributed by atoms with Gasteiger partial charge in [0.2, 0.25) is 11.8 Å². The molecule has 4 rings (SSSR count). The quantitative estimate of drug-likeness (QED) is 0.584. The number of imide groups is 2. The molecule has 1 saturated heterocycles. The largest absolute Gasteiger partial charge is 0.325 e. The first-order valence-electron chi connectivity index (χ1n) is 9.67. The molecule has 154 valence electrons. The van der Waals surface area contributed by atoms with Crippen LogP contribution in [0.2, 0.25) is 0 Å². The number of nitrogens with zero attached hydrogens (tertiary/aromatic N) is 2. The summed E-state index contributed by atoms with van der Waals surface area (Å²) in [7, 11) is 0. The zero-order valence-corrected chi connectivity index (χ0v) is 16.2. The van der Waals surface area contributed by atoms with Crippen molar-refractivity contribution in [3.05, 3.63) is 64.5 Å². The molecule has 0 radical (unpaired) electrons. The number of hydrogen-bond acceptors (Lipinski definition) is 7. The van der Waals surface area contributed by atoms with Crippen molar-refractivity contribution in [2.45, 2.75) is 38.5 Å². The number of aromatic nitrogens is 1. The summed E-state index contributed by atoms with van der Waals surface area (Å²) in [6.45, 7) is 1.39. The Hall–Kier alpha value is -3.43. The minimum Gasteiger partial charge on any atom is -0.325 e. The zero-order valence-electron chi connectivity index (χ0n) is 16.2. The van der Waals surface area contributed by atoms with E-state index in [1.165, 1.54) is 0 Å². The fraction of sp³-hybridized carbons (Fsp3) is 0.286. The molecule has 1 aromatic heterocycles. The highest BCUT2D eigenvalue weighted by Gasteiger charge is 2.44. The Morgan fingerprint density at radius 2 is 1.90 bits per heavy atom. The van der Waals surface area contributed by atoms with Crippen LogP contribution in [0.5, 0.6) is 0 Å². The first kappa shape index (κ1) is 19.9. The molecule has 4 amide bonds. The smallest absolute Gasteiger partial charge is 0.262 e. The average Bonchev–Trinajstić information content (AvgIpc) is 2.98. The van der Waals surface area contributed by atoms with Crippen molar-refractivity contribution < 1.29 is 19.2 Å². The number of hydrogen-bond donors (Lipinski definition) is 3. The highest BCUT2D eigenvalue weighted by atomic mass is 16.2. The Morgan fingerprint density at radius 3 is 2.67 bits per heavy atom. The van der Waals surface area contributed by atoms with Crippen molar-refractivity contribution in [1.29, 1.82) is 0 Å².